The van der Waals surface area contributed by atoms with E-state index in [9.17, 15) is 13.2 Å². The Labute approximate surface area is 134 Å². The van der Waals surface area contributed by atoms with Crippen molar-refractivity contribution in [1.29, 1.82) is 0 Å². The summed E-state index contributed by atoms with van der Waals surface area (Å²) in [4.78, 5) is 15.4. The molecule has 0 fully saturated rings. The third-order valence-corrected chi connectivity index (χ3v) is 5.07. The summed E-state index contributed by atoms with van der Waals surface area (Å²) in [5, 5.41) is 0. The zero-order chi connectivity index (χ0) is 17.0. The number of ether oxygens (including phenoxy) is 1. The molecule has 1 amide bonds. The van der Waals surface area contributed by atoms with Crippen LogP contribution in [0.4, 0.5) is 0 Å². The number of nitrogens with two attached hydrogens (primary N) is 1. The van der Waals surface area contributed by atoms with Gasteiger partial charge in [0, 0.05) is 26.0 Å². The highest BCUT2D eigenvalue weighted by Gasteiger charge is 2.23. The van der Waals surface area contributed by atoms with Crippen LogP contribution in [0.25, 0.3) is 0 Å². The van der Waals surface area contributed by atoms with E-state index in [1.54, 1.807) is 24.5 Å². The van der Waals surface area contributed by atoms with Crippen molar-refractivity contribution in [1.82, 2.24) is 9.29 Å². The van der Waals surface area contributed by atoms with Crippen molar-refractivity contribution < 1.29 is 17.9 Å². The van der Waals surface area contributed by atoms with Gasteiger partial charge < -0.3 is 10.5 Å². The van der Waals surface area contributed by atoms with E-state index >= 15 is 0 Å². The first kappa shape index (κ1) is 16.9. The number of amides is 1. The molecule has 8 heteroatoms. The maximum absolute atomic E-state index is 12.6. The van der Waals surface area contributed by atoms with Crippen LogP contribution in [0.15, 0.2) is 47.6 Å². The molecule has 0 aliphatic rings. The van der Waals surface area contributed by atoms with Crippen LogP contribution in [0, 0.1) is 0 Å². The van der Waals surface area contributed by atoms with Gasteiger partial charge in [0.15, 0.2) is 0 Å². The Bertz CT molecular complexity index is 807. The van der Waals surface area contributed by atoms with Gasteiger partial charge >= 0.3 is 0 Å². The Morgan fingerprint density at radius 3 is 2.65 bits per heavy atom. The van der Waals surface area contributed by atoms with E-state index in [0.717, 1.165) is 5.56 Å². The van der Waals surface area contributed by atoms with E-state index in [1.165, 1.54) is 36.7 Å². The number of nitrogens with zero attached hydrogens (tertiary/aromatic N) is 2. The first-order valence-corrected chi connectivity index (χ1v) is 8.13. The lowest BCUT2D eigenvalue weighted by molar-refractivity contribution is 0.0997. The topological polar surface area (TPSA) is 103 Å². The highest BCUT2D eigenvalue weighted by molar-refractivity contribution is 7.89. The van der Waals surface area contributed by atoms with E-state index in [4.69, 9.17) is 10.5 Å². The minimum atomic E-state index is -3.78. The minimum Gasteiger partial charge on any atom is -0.496 e. The highest BCUT2D eigenvalue weighted by Crippen LogP contribution is 2.24. The third kappa shape index (κ3) is 3.66. The summed E-state index contributed by atoms with van der Waals surface area (Å²) >= 11 is 0. The fourth-order valence-electron chi connectivity index (χ4n) is 2.05. The predicted molar refractivity (Wildman–Crippen MR) is 84.4 cm³/mol. The monoisotopic (exact) mass is 335 g/mol. The summed E-state index contributed by atoms with van der Waals surface area (Å²) in [6, 6.07) is 7.51. The van der Waals surface area contributed by atoms with Crippen molar-refractivity contribution in [2.24, 2.45) is 5.73 Å². The van der Waals surface area contributed by atoms with E-state index in [-0.39, 0.29) is 22.8 Å². The van der Waals surface area contributed by atoms with Gasteiger partial charge in [-0.05, 0) is 29.8 Å². The number of rotatable bonds is 6. The molecule has 0 radical (unpaired) electrons. The second kappa shape index (κ2) is 6.76. The van der Waals surface area contributed by atoms with Gasteiger partial charge in [-0.3, -0.25) is 9.78 Å². The molecular weight excluding hydrogens is 318 g/mol. The number of sulfonamides is 1. The zero-order valence-electron chi connectivity index (χ0n) is 12.8. The average Bonchev–Trinajstić information content (AvgIpc) is 2.54. The van der Waals surface area contributed by atoms with Crippen LogP contribution < -0.4 is 10.5 Å². The Morgan fingerprint density at radius 1 is 1.35 bits per heavy atom. The summed E-state index contributed by atoms with van der Waals surface area (Å²) in [6.45, 7) is 0.161. The van der Waals surface area contributed by atoms with E-state index in [2.05, 4.69) is 4.98 Å². The largest absolute Gasteiger partial charge is 0.496 e. The number of primary amides is 1. The molecule has 0 unspecified atom stereocenters. The first-order chi connectivity index (χ1) is 10.9. The fourth-order valence-corrected chi connectivity index (χ4v) is 3.24. The molecule has 7 nitrogen and oxygen atoms in total. The van der Waals surface area contributed by atoms with Gasteiger partial charge in [-0.2, -0.15) is 4.31 Å². The van der Waals surface area contributed by atoms with E-state index in [1.807, 2.05) is 0 Å². The van der Waals surface area contributed by atoms with Crippen molar-refractivity contribution in [3.63, 3.8) is 0 Å². The molecule has 0 aliphatic heterocycles. The van der Waals surface area contributed by atoms with Gasteiger partial charge in [-0.25, -0.2) is 8.42 Å². The summed E-state index contributed by atoms with van der Waals surface area (Å²) in [7, 11) is -0.942. The number of aromatic nitrogens is 1. The molecule has 1 heterocycles. The van der Waals surface area contributed by atoms with Crippen LogP contribution in [0.3, 0.4) is 0 Å². The molecule has 2 N–H and O–H groups in total. The second-order valence-corrected chi connectivity index (χ2v) is 6.89. The summed E-state index contributed by atoms with van der Waals surface area (Å²) in [6.07, 6.45) is 3.20. The number of hydrogen-bond donors (Lipinski definition) is 1. The molecule has 122 valence electrons. The maximum Gasteiger partial charge on any atom is 0.252 e. The molecule has 0 saturated heterocycles. The normalized spacial score (nSPS) is 11.4. The van der Waals surface area contributed by atoms with Crippen molar-refractivity contribution in [2.45, 2.75) is 11.4 Å². The lowest BCUT2D eigenvalue weighted by Gasteiger charge is -2.18. The van der Waals surface area contributed by atoms with Crippen LogP contribution in [0.2, 0.25) is 0 Å². The Morgan fingerprint density at radius 2 is 2.09 bits per heavy atom. The van der Waals surface area contributed by atoms with Gasteiger partial charge in [-0.1, -0.05) is 6.07 Å². The van der Waals surface area contributed by atoms with E-state index in [0.29, 0.717) is 0 Å². The first-order valence-electron chi connectivity index (χ1n) is 6.69. The highest BCUT2D eigenvalue weighted by atomic mass is 32.2. The Balaban J connectivity index is 2.35. The Kier molecular flexibility index (Phi) is 4.97. The number of benzene rings is 1. The van der Waals surface area contributed by atoms with Crippen molar-refractivity contribution in [3.8, 4) is 5.75 Å². The van der Waals surface area contributed by atoms with Crippen LogP contribution in [0.1, 0.15) is 15.9 Å². The average molecular weight is 335 g/mol. The Hall–Kier alpha value is -2.45. The fraction of sp³-hybridized carbons (Fsp3) is 0.200. The molecule has 23 heavy (non-hydrogen) atoms. The van der Waals surface area contributed by atoms with Crippen molar-refractivity contribution in [2.75, 3.05) is 14.2 Å². The second-order valence-electron chi connectivity index (χ2n) is 4.85. The summed E-state index contributed by atoms with van der Waals surface area (Å²) in [5.74, 6) is -0.528. The van der Waals surface area contributed by atoms with Gasteiger partial charge in [0.2, 0.25) is 10.0 Å². The molecule has 0 saturated carbocycles. The zero-order valence-corrected chi connectivity index (χ0v) is 13.6. The molecule has 0 bridgehead atoms. The molecule has 0 atom stereocenters. The van der Waals surface area contributed by atoms with Gasteiger partial charge in [-0.15, -0.1) is 0 Å². The molecule has 0 spiro atoms. The van der Waals surface area contributed by atoms with Crippen LogP contribution in [0.5, 0.6) is 5.75 Å². The van der Waals surface area contributed by atoms with Crippen LogP contribution in [-0.4, -0.2) is 37.8 Å². The summed E-state index contributed by atoms with van der Waals surface area (Å²) < 4.78 is 31.4. The minimum absolute atomic E-state index is 0.0170. The SMILES string of the molecule is COc1ccc(S(=O)(=O)N(C)Cc2cccnc2)cc1C(N)=O. The van der Waals surface area contributed by atoms with Crippen molar-refractivity contribution >= 4 is 15.9 Å². The number of methoxy groups -OCH3 is 1. The smallest absolute Gasteiger partial charge is 0.252 e. The molecular formula is C15H17N3O4S. The lowest BCUT2D eigenvalue weighted by Crippen LogP contribution is -2.27. The number of carbonyl (C=O) groups excluding carboxylic acids is 1. The lowest BCUT2D eigenvalue weighted by atomic mass is 10.2. The maximum atomic E-state index is 12.6. The summed E-state index contributed by atoms with van der Waals surface area (Å²) in [5.41, 5.74) is 6.04. The van der Waals surface area contributed by atoms with E-state index < -0.39 is 15.9 Å². The number of hydrogen-bond acceptors (Lipinski definition) is 5. The predicted octanol–water partition coefficient (Wildman–Crippen LogP) is 1.01. The van der Waals surface area contributed by atoms with Gasteiger partial charge in [0.1, 0.15) is 5.75 Å². The molecule has 2 rings (SSSR count). The molecule has 2 aromatic rings. The number of pyridine rings is 1. The molecule has 1 aromatic carbocycles. The third-order valence-electron chi connectivity index (χ3n) is 3.27. The molecule has 0 aliphatic carbocycles. The van der Waals surface area contributed by atoms with Crippen LogP contribution >= 0.6 is 0 Å². The number of carbonyl (C=O) groups is 1. The quantitative estimate of drug-likeness (QED) is 0.848. The van der Waals surface area contributed by atoms with Gasteiger partial charge in [0.25, 0.3) is 5.91 Å². The van der Waals surface area contributed by atoms with Crippen molar-refractivity contribution in [3.05, 3.63) is 53.9 Å². The standard InChI is InChI=1S/C15H17N3O4S/c1-18(10-11-4-3-7-17-9-11)23(20,21)12-5-6-14(22-2)13(8-12)15(16)19/h3-9H,10H2,1-2H3,(H2,16,19). The van der Waals surface area contributed by atoms with Crippen LogP contribution in [-0.2, 0) is 16.6 Å². The van der Waals surface area contributed by atoms with Gasteiger partial charge in [0.05, 0.1) is 17.6 Å². The molecule has 1 aromatic heterocycles.